The van der Waals surface area contributed by atoms with Crippen molar-refractivity contribution in [1.82, 2.24) is 0 Å². The Labute approximate surface area is 204 Å². The van der Waals surface area contributed by atoms with E-state index in [1.165, 1.54) is 0 Å². The molecule has 0 aliphatic carbocycles. The predicted octanol–water partition coefficient (Wildman–Crippen LogP) is 4.72. The van der Waals surface area contributed by atoms with Crippen molar-refractivity contribution in [2.75, 3.05) is 0 Å². The topological polar surface area (TPSA) is 46.2 Å². The van der Waals surface area contributed by atoms with Gasteiger partial charge in [0.15, 0.2) is 0 Å². The van der Waals surface area contributed by atoms with Crippen molar-refractivity contribution < 1.29 is 23.4 Å². The lowest BCUT2D eigenvalue weighted by atomic mass is 9.71. The van der Waals surface area contributed by atoms with E-state index in [2.05, 4.69) is 106 Å². The normalized spacial score (nSPS) is 25.0. The molecule has 0 unspecified atom stereocenters. The van der Waals surface area contributed by atoms with Crippen molar-refractivity contribution in [1.29, 1.82) is 0 Å². The number of hydrogen-bond acceptors (Lipinski definition) is 5. The van der Waals surface area contributed by atoms with Gasteiger partial charge in [-0.05, 0) is 78.4 Å². The van der Waals surface area contributed by atoms with Gasteiger partial charge in [0.2, 0.25) is 0 Å². The molecule has 3 aliphatic heterocycles. The molecule has 5 rings (SSSR count). The molecule has 0 atom stereocenters. The summed E-state index contributed by atoms with van der Waals surface area (Å²) in [4.78, 5) is 0. The van der Waals surface area contributed by atoms with Gasteiger partial charge in [-0.25, -0.2) is 0 Å². The molecule has 2 aromatic rings. The summed E-state index contributed by atoms with van der Waals surface area (Å²) in [6, 6.07) is 12.6. The molecule has 0 aromatic heterocycles. The fraction of sp³-hybridized carbons (Fsp3) is 0.556. The molecule has 3 aliphatic rings. The zero-order valence-electron chi connectivity index (χ0n) is 22.2. The fourth-order valence-corrected chi connectivity index (χ4v) is 4.79. The molecule has 2 fully saturated rings. The van der Waals surface area contributed by atoms with Gasteiger partial charge in [-0.15, -0.1) is 0 Å². The molecule has 34 heavy (non-hydrogen) atoms. The van der Waals surface area contributed by atoms with Crippen LogP contribution in [0.3, 0.4) is 0 Å². The van der Waals surface area contributed by atoms with E-state index in [1.54, 1.807) is 0 Å². The van der Waals surface area contributed by atoms with E-state index < -0.39 is 36.6 Å². The smallest absolute Gasteiger partial charge is 0.457 e. The first-order valence-electron chi connectivity index (χ1n) is 12.2. The van der Waals surface area contributed by atoms with Gasteiger partial charge in [0.25, 0.3) is 0 Å². The third-order valence-electron chi connectivity index (χ3n) is 8.63. The summed E-state index contributed by atoms with van der Waals surface area (Å²) >= 11 is 0. The zero-order valence-corrected chi connectivity index (χ0v) is 22.2. The second kappa shape index (κ2) is 7.13. The lowest BCUT2D eigenvalue weighted by molar-refractivity contribution is 0.00578. The van der Waals surface area contributed by atoms with E-state index in [9.17, 15) is 0 Å². The van der Waals surface area contributed by atoms with Gasteiger partial charge in [-0.1, -0.05) is 38.1 Å². The minimum atomic E-state index is -0.431. The Kier molecular flexibility index (Phi) is 5.02. The molecular weight excluding hydrogens is 426 g/mol. The molecule has 180 valence electrons. The molecule has 2 saturated heterocycles. The van der Waals surface area contributed by atoms with E-state index in [0.29, 0.717) is 0 Å². The minimum absolute atomic E-state index is 0.216. The van der Waals surface area contributed by atoms with Gasteiger partial charge >= 0.3 is 14.2 Å². The Morgan fingerprint density at radius 1 is 0.500 bits per heavy atom. The largest absolute Gasteiger partial charge is 0.494 e. The van der Waals surface area contributed by atoms with Crippen LogP contribution >= 0.6 is 0 Å². The Morgan fingerprint density at radius 2 is 0.824 bits per heavy atom. The molecule has 0 spiro atoms. The Hall–Kier alpha value is -1.79. The molecule has 0 N–H and O–H groups in total. The Balaban J connectivity index is 1.48. The molecule has 5 nitrogen and oxygen atoms in total. The van der Waals surface area contributed by atoms with E-state index in [1.807, 2.05) is 0 Å². The highest BCUT2D eigenvalue weighted by Gasteiger charge is 2.53. The minimum Gasteiger partial charge on any atom is -0.457 e. The van der Waals surface area contributed by atoms with Gasteiger partial charge in [0.05, 0.1) is 22.4 Å². The molecule has 7 heteroatoms. The average molecular weight is 462 g/mol. The maximum atomic E-state index is 6.50. The van der Waals surface area contributed by atoms with Gasteiger partial charge in [0.1, 0.15) is 11.5 Å². The molecule has 0 amide bonds. The molecule has 0 saturated carbocycles. The lowest BCUT2D eigenvalue weighted by Crippen LogP contribution is -2.41. The zero-order chi connectivity index (χ0) is 24.9. The number of rotatable bonds is 2. The summed E-state index contributed by atoms with van der Waals surface area (Å²) in [6.07, 6.45) is 0. The second-order valence-electron chi connectivity index (χ2n) is 12.4. The fourth-order valence-electron chi connectivity index (χ4n) is 4.79. The van der Waals surface area contributed by atoms with Crippen molar-refractivity contribution in [2.45, 2.75) is 97.1 Å². The first kappa shape index (κ1) is 23.9. The summed E-state index contributed by atoms with van der Waals surface area (Å²) in [5, 5.41) is 0. The van der Waals surface area contributed by atoms with Crippen molar-refractivity contribution >= 4 is 25.2 Å². The van der Waals surface area contributed by atoms with Gasteiger partial charge in [-0.3, -0.25) is 0 Å². The number of benzene rings is 2. The quantitative estimate of drug-likeness (QED) is 0.605. The van der Waals surface area contributed by atoms with Crippen LogP contribution < -0.4 is 15.7 Å². The van der Waals surface area contributed by atoms with Gasteiger partial charge in [0, 0.05) is 16.5 Å². The highest BCUT2D eigenvalue weighted by atomic mass is 16.7. The van der Waals surface area contributed by atoms with Crippen LogP contribution in [-0.2, 0) is 24.0 Å². The summed E-state index contributed by atoms with van der Waals surface area (Å²) in [5.74, 6) is 1.66. The summed E-state index contributed by atoms with van der Waals surface area (Å²) in [7, 11) is -0.862. The molecule has 2 aromatic carbocycles. The first-order valence-corrected chi connectivity index (χ1v) is 12.2. The molecular formula is C27H36B2O5. The third-order valence-corrected chi connectivity index (χ3v) is 8.63. The monoisotopic (exact) mass is 462 g/mol. The molecule has 0 bridgehead atoms. The Bertz CT molecular complexity index is 1030. The maximum Gasteiger partial charge on any atom is 0.494 e. The van der Waals surface area contributed by atoms with Crippen LogP contribution in [0, 0.1) is 0 Å². The van der Waals surface area contributed by atoms with E-state index in [-0.39, 0.29) is 5.41 Å². The highest BCUT2D eigenvalue weighted by Crippen LogP contribution is 2.48. The standard InChI is InChI=1S/C27H36B2O5/c1-23(2)19-13-11-17(28-31-24(3,4)25(5,6)32-28)15-21(19)30-22-16-18(12-14-20(22)23)29-33-26(7,8)27(9,10)34-29/h11-16H,1-10H3. The van der Waals surface area contributed by atoms with Crippen LogP contribution in [0.2, 0.25) is 0 Å². The first-order chi connectivity index (χ1) is 15.5. The maximum absolute atomic E-state index is 6.50. The van der Waals surface area contributed by atoms with Crippen LogP contribution in [0.15, 0.2) is 36.4 Å². The van der Waals surface area contributed by atoms with E-state index in [0.717, 1.165) is 33.6 Å². The SMILES string of the molecule is CC1(C)c2ccc(B3OC(C)(C)C(C)(C)O3)cc2Oc2cc(B3OC(C)(C)C(C)(C)O3)ccc21. The summed E-state index contributed by atoms with van der Waals surface area (Å²) in [6.45, 7) is 21.0. The van der Waals surface area contributed by atoms with Crippen molar-refractivity contribution in [3.8, 4) is 11.5 Å². The summed E-state index contributed by atoms with van der Waals surface area (Å²) in [5.41, 5.74) is 2.42. The van der Waals surface area contributed by atoms with Crippen molar-refractivity contribution in [2.24, 2.45) is 0 Å². The van der Waals surface area contributed by atoms with E-state index in [4.69, 9.17) is 23.4 Å². The number of hydrogen-bond donors (Lipinski definition) is 0. The van der Waals surface area contributed by atoms with E-state index >= 15 is 0 Å². The number of ether oxygens (including phenoxy) is 1. The third kappa shape index (κ3) is 3.47. The second-order valence-corrected chi connectivity index (χ2v) is 12.4. The van der Waals surface area contributed by atoms with Crippen molar-refractivity contribution in [3.05, 3.63) is 47.5 Å². The van der Waals surface area contributed by atoms with Crippen LogP contribution in [0.1, 0.15) is 80.4 Å². The van der Waals surface area contributed by atoms with Gasteiger partial charge < -0.3 is 23.4 Å². The average Bonchev–Trinajstić information content (AvgIpc) is 3.07. The molecule has 3 heterocycles. The van der Waals surface area contributed by atoms with Gasteiger partial charge in [-0.2, -0.15) is 0 Å². The lowest BCUT2D eigenvalue weighted by Gasteiger charge is -2.35. The van der Waals surface area contributed by atoms with Crippen LogP contribution in [-0.4, -0.2) is 36.6 Å². The molecule has 0 radical (unpaired) electrons. The Morgan fingerprint density at radius 3 is 1.15 bits per heavy atom. The van der Waals surface area contributed by atoms with Crippen LogP contribution in [0.4, 0.5) is 0 Å². The highest BCUT2D eigenvalue weighted by molar-refractivity contribution is 6.62. The predicted molar refractivity (Wildman–Crippen MR) is 137 cm³/mol. The summed E-state index contributed by atoms with van der Waals surface area (Å²) < 4.78 is 31.6. The number of fused-ring (bicyclic) bond motifs is 2. The van der Waals surface area contributed by atoms with Crippen molar-refractivity contribution in [3.63, 3.8) is 0 Å². The van der Waals surface area contributed by atoms with Crippen LogP contribution in [0.25, 0.3) is 0 Å². The van der Waals surface area contributed by atoms with Crippen LogP contribution in [0.5, 0.6) is 11.5 Å².